The van der Waals surface area contributed by atoms with Crippen molar-refractivity contribution < 1.29 is 22.7 Å². The second-order valence-corrected chi connectivity index (χ2v) is 6.92. The summed E-state index contributed by atoms with van der Waals surface area (Å²) in [5, 5.41) is 8.79. The van der Waals surface area contributed by atoms with Gasteiger partial charge in [-0.1, -0.05) is 6.07 Å². The Morgan fingerprint density at radius 1 is 1.30 bits per heavy atom. The summed E-state index contributed by atoms with van der Waals surface area (Å²) in [5.41, 5.74) is 0.223. The van der Waals surface area contributed by atoms with E-state index in [0.717, 1.165) is 28.9 Å². The molecule has 0 saturated carbocycles. The molecule has 0 unspecified atom stereocenters. The molecule has 1 fully saturated rings. The SMILES string of the molecule is O=C(c1cc(-c2cccs2)[nH]n1)N1CC(Oc2cc(C(F)(F)F)ccn2)C1. The molecule has 0 aromatic carbocycles. The summed E-state index contributed by atoms with van der Waals surface area (Å²) in [4.78, 5) is 18.7. The van der Waals surface area contributed by atoms with Crippen LogP contribution in [-0.2, 0) is 6.18 Å². The predicted octanol–water partition coefficient (Wildman–Crippen LogP) is 3.46. The highest BCUT2D eigenvalue weighted by Gasteiger charge is 2.35. The van der Waals surface area contributed by atoms with Gasteiger partial charge < -0.3 is 9.64 Å². The fourth-order valence-corrected chi connectivity index (χ4v) is 3.34. The number of aromatic amines is 1. The molecule has 1 saturated heterocycles. The van der Waals surface area contributed by atoms with E-state index in [2.05, 4.69) is 15.2 Å². The Balaban J connectivity index is 1.35. The molecule has 27 heavy (non-hydrogen) atoms. The molecule has 4 rings (SSSR count). The van der Waals surface area contributed by atoms with Crippen LogP contribution in [0.1, 0.15) is 16.1 Å². The van der Waals surface area contributed by atoms with Crippen LogP contribution >= 0.6 is 11.3 Å². The number of pyridine rings is 1. The minimum atomic E-state index is -4.46. The Labute approximate surface area is 155 Å². The molecule has 0 bridgehead atoms. The Morgan fingerprint density at radius 2 is 2.11 bits per heavy atom. The summed E-state index contributed by atoms with van der Waals surface area (Å²) in [6.45, 7) is 0.524. The first kappa shape index (κ1) is 17.5. The minimum absolute atomic E-state index is 0.110. The molecule has 3 aromatic rings. The third-order valence-electron chi connectivity index (χ3n) is 4.07. The smallest absolute Gasteiger partial charge is 0.416 e. The van der Waals surface area contributed by atoms with Gasteiger partial charge in [0, 0.05) is 12.3 Å². The quantitative estimate of drug-likeness (QED) is 0.736. The second-order valence-electron chi connectivity index (χ2n) is 5.97. The Kier molecular flexibility index (Phi) is 4.34. The summed E-state index contributed by atoms with van der Waals surface area (Å²) >= 11 is 1.53. The normalized spacial score (nSPS) is 14.9. The molecule has 3 aromatic heterocycles. The molecule has 4 heterocycles. The van der Waals surface area contributed by atoms with Crippen molar-refractivity contribution in [3.05, 3.63) is 53.2 Å². The molecule has 1 amide bonds. The molecule has 0 radical (unpaired) electrons. The molecule has 1 aliphatic heterocycles. The lowest BCUT2D eigenvalue weighted by atomic mass is 10.1. The van der Waals surface area contributed by atoms with E-state index in [0.29, 0.717) is 0 Å². The van der Waals surface area contributed by atoms with Crippen molar-refractivity contribution in [1.82, 2.24) is 20.1 Å². The number of alkyl halides is 3. The van der Waals surface area contributed by atoms with E-state index in [1.807, 2.05) is 17.5 Å². The number of ether oxygens (including phenoxy) is 1. The zero-order chi connectivity index (χ0) is 19.0. The number of amides is 1. The van der Waals surface area contributed by atoms with Gasteiger partial charge in [0.25, 0.3) is 5.91 Å². The number of halogens is 3. The molecular weight excluding hydrogens is 381 g/mol. The fourth-order valence-electron chi connectivity index (χ4n) is 2.65. The van der Waals surface area contributed by atoms with Crippen molar-refractivity contribution >= 4 is 17.2 Å². The molecule has 140 valence electrons. The molecule has 10 heteroatoms. The lowest BCUT2D eigenvalue weighted by Crippen LogP contribution is -2.56. The van der Waals surface area contributed by atoms with Crippen LogP contribution in [0.5, 0.6) is 5.88 Å². The highest BCUT2D eigenvalue weighted by atomic mass is 32.1. The molecule has 6 nitrogen and oxygen atoms in total. The predicted molar refractivity (Wildman–Crippen MR) is 91.5 cm³/mol. The van der Waals surface area contributed by atoms with E-state index in [9.17, 15) is 18.0 Å². The van der Waals surface area contributed by atoms with Gasteiger partial charge in [0.05, 0.1) is 29.2 Å². The van der Waals surface area contributed by atoms with Crippen LogP contribution in [0.15, 0.2) is 41.9 Å². The van der Waals surface area contributed by atoms with Crippen LogP contribution in [-0.4, -0.2) is 45.2 Å². The molecular formula is C17H13F3N4O2S. The van der Waals surface area contributed by atoms with Gasteiger partial charge in [0.2, 0.25) is 5.88 Å². The number of thiophene rings is 1. The maximum absolute atomic E-state index is 12.7. The topological polar surface area (TPSA) is 71.1 Å². The van der Waals surface area contributed by atoms with E-state index in [1.165, 1.54) is 16.2 Å². The Hall–Kier alpha value is -2.88. The maximum Gasteiger partial charge on any atom is 0.416 e. The highest BCUT2D eigenvalue weighted by molar-refractivity contribution is 7.13. The lowest BCUT2D eigenvalue weighted by molar-refractivity contribution is -0.137. The van der Waals surface area contributed by atoms with Crippen molar-refractivity contribution in [2.45, 2.75) is 12.3 Å². The Bertz CT molecular complexity index is 949. The molecule has 1 N–H and O–H groups in total. The van der Waals surface area contributed by atoms with E-state index in [4.69, 9.17) is 4.74 Å². The van der Waals surface area contributed by atoms with Crippen molar-refractivity contribution in [3.63, 3.8) is 0 Å². The molecule has 0 atom stereocenters. The van der Waals surface area contributed by atoms with Crippen molar-refractivity contribution in [2.75, 3.05) is 13.1 Å². The van der Waals surface area contributed by atoms with Gasteiger partial charge in [-0.05, 0) is 23.6 Å². The Morgan fingerprint density at radius 3 is 2.81 bits per heavy atom. The number of hydrogen-bond donors (Lipinski definition) is 1. The molecule has 0 aliphatic carbocycles. The van der Waals surface area contributed by atoms with Crippen LogP contribution in [0.3, 0.4) is 0 Å². The standard InChI is InChI=1S/C17H13F3N4O2S/c18-17(19,20)10-3-4-21-15(6-10)26-11-8-24(9-11)16(25)13-7-12(22-23-13)14-2-1-5-27-14/h1-7,11H,8-9H2,(H,22,23). The number of nitrogens with zero attached hydrogens (tertiary/aromatic N) is 3. The third kappa shape index (κ3) is 3.65. The number of rotatable bonds is 4. The second kappa shape index (κ2) is 6.69. The summed E-state index contributed by atoms with van der Waals surface area (Å²) in [7, 11) is 0. The maximum atomic E-state index is 12.7. The number of likely N-dealkylation sites (tertiary alicyclic amines) is 1. The number of hydrogen-bond acceptors (Lipinski definition) is 5. The first-order chi connectivity index (χ1) is 12.9. The van der Waals surface area contributed by atoms with Crippen molar-refractivity contribution in [1.29, 1.82) is 0 Å². The van der Waals surface area contributed by atoms with Gasteiger partial charge in [-0.15, -0.1) is 11.3 Å². The lowest BCUT2D eigenvalue weighted by Gasteiger charge is -2.38. The largest absolute Gasteiger partial charge is 0.471 e. The van der Waals surface area contributed by atoms with Crippen LogP contribution in [0.25, 0.3) is 10.6 Å². The van der Waals surface area contributed by atoms with Gasteiger partial charge in [0.1, 0.15) is 6.10 Å². The van der Waals surface area contributed by atoms with Gasteiger partial charge in [-0.25, -0.2) is 4.98 Å². The summed E-state index contributed by atoms with van der Waals surface area (Å²) in [5.74, 6) is -0.368. The van der Waals surface area contributed by atoms with Crippen LogP contribution < -0.4 is 4.74 Å². The van der Waals surface area contributed by atoms with Crippen LogP contribution in [0.2, 0.25) is 0 Å². The minimum Gasteiger partial charge on any atom is -0.471 e. The first-order valence-electron chi connectivity index (χ1n) is 7.98. The summed E-state index contributed by atoms with van der Waals surface area (Å²) in [6.07, 6.45) is -3.81. The number of nitrogens with one attached hydrogen (secondary N) is 1. The summed E-state index contributed by atoms with van der Waals surface area (Å²) < 4.78 is 43.6. The number of carbonyl (C=O) groups excluding carboxylic acids is 1. The molecule has 0 spiro atoms. The highest BCUT2D eigenvalue weighted by Crippen LogP contribution is 2.31. The van der Waals surface area contributed by atoms with E-state index in [-0.39, 0.29) is 30.6 Å². The van der Waals surface area contributed by atoms with E-state index < -0.39 is 17.8 Å². The third-order valence-corrected chi connectivity index (χ3v) is 4.97. The number of H-pyrrole nitrogens is 1. The summed E-state index contributed by atoms with van der Waals surface area (Å²) in [6, 6.07) is 7.23. The number of carbonyl (C=O) groups is 1. The monoisotopic (exact) mass is 394 g/mol. The van der Waals surface area contributed by atoms with Crippen molar-refractivity contribution in [2.24, 2.45) is 0 Å². The average molecular weight is 394 g/mol. The van der Waals surface area contributed by atoms with Gasteiger partial charge in [-0.2, -0.15) is 18.3 Å². The average Bonchev–Trinajstić information content (AvgIpc) is 3.27. The van der Waals surface area contributed by atoms with Crippen LogP contribution in [0, 0.1) is 0 Å². The van der Waals surface area contributed by atoms with Crippen LogP contribution in [0.4, 0.5) is 13.2 Å². The number of aromatic nitrogens is 3. The first-order valence-corrected chi connectivity index (χ1v) is 8.86. The van der Waals surface area contributed by atoms with Gasteiger partial charge in [0.15, 0.2) is 5.69 Å². The molecule has 1 aliphatic rings. The van der Waals surface area contributed by atoms with Gasteiger partial charge in [-0.3, -0.25) is 9.89 Å². The van der Waals surface area contributed by atoms with E-state index >= 15 is 0 Å². The zero-order valence-corrected chi connectivity index (χ0v) is 14.5. The zero-order valence-electron chi connectivity index (χ0n) is 13.7. The van der Waals surface area contributed by atoms with E-state index in [1.54, 1.807) is 6.07 Å². The van der Waals surface area contributed by atoms with Crippen molar-refractivity contribution in [3.8, 4) is 16.5 Å². The van der Waals surface area contributed by atoms with Gasteiger partial charge >= 0.3 is 6.18 Å². The fraction of sp³-hybridized carbons (Fsp3) is 0.235.